The van der Waals surface area contributed by atoms with Gasteiger partial charge in [-0.05, 0) is 25.1 Å². The van der Waals surface area contributed by atoms with Crippen molar-refractivity contribution in [3.8, 4) is 12.3 Å². The van der Waals surface area contributed by atoms with Gasteiger partial charge in [0.1, 0.15) is 5.82 Å². The molecular weight excluding hydrogens is 293 g/mol. The first-order chi connectivity index (χ1) is 10.0. The molecule has 1 aromatic carbocycles. The summed E-state index contributed by atoms with van der Waals surface area (Å²) in [6, 6.07) is 3.78. The van der Waals surface area contributed by atoms with Crippen LogP contribution in [0.1, 0.15) is 6.92 Å². The molecule has 2 aromatic rings. The Labute approximate surface area is 124 Å². The van der Waals surface area contributed by atoms with E-state index in [1.807, 2.05) is 0 Å². The maximum absolute atomic E-state index is 13.1. The monoisotopic (exact) mass is 305 g/mol. The first-order valence-electron chi connectivity index (χ1n) is 6.08. The normalized spacial score (nSPS) is 11.9. The molecule has 1 amide bonds. The molecular formula is C14H12FN3O2S. The van der Waals surface area contributed by atoms with E-state index in [-0.39, 0.29) is 17.8 Å². The largest absolute Gasteiger partial charge is 0.344 e. The first-order valence-corrected chi connectivity index (χ1v) is 6.96. The van der Waals surface area contributed by atoms with Gasteiger partial charge in [-0.3, -0.25) is 9.59 Å². The first kappa shape index (κ1) is 15.1. The van der Waals surface area contributed by atoms with Crippen molar-refractivity contribution in [1.29, 1.82) is 0 Å². The van der Waals surface area contributed by atoms with E-state index in [2.05, 4.69) is 21.2 Å². The number of H-pyrrole nitrogens is 1. The second kappa shape index (κ2) is 6.41. The molecule has 1 unspecified atom stereocenters. The summed E-state index contributed by atoms with van der Waals surface area (Å²) in [6.07, 6.45) is 5.06. The third-order valence-corrected chi connectivity index (χ3v) is 3.65. The minimum absolute atomic E-state index is 0.144. The van der Waals surface area contributed by atoms with E-state index in [1.54, 1.807) is 6.92 Å². The van der Waals surface area contributed by atoms with Crippen molar-refractivity contribution in [2.45, 2.75) is 17.3 Å². The van der Waals surface area contributed by atoms with Crippen molar-refractivity contribution in [2.24, 2.45) is 0 Å². The predicted octanol–water partition coefficient (Wildman–Crippen LogP) is 1.29. The molecule has 5 nitrogen and oxygen atoms in total. The van der Waals surface area contributed by atoms with Gasteiger partial charge in [0.25, 0.3) is 5.56 Å². The second-order valence-electron chi connectivity index (χ2n) is 4.21. The minimum Gasteiger partial charge on any atom is -0.344 e. The summed E-state index contributed by atoms with van der Waals surface area (Å²) in [5.41, 5.74) is -0.0721. The lowest BCUT2D eigenvalue weighted by molar-refractivity contribution is -0.120. The third-order valence-electron chi connectivity index (χ3n) is 2.67. The van der Waals surface area contributed by atoms with E-state index in [0.717, 1.165) is 17.8 Å². The highest BCUT2D eigenvalue weighted by atomic mass is 32.2. The molecule has 108 valence electrons. The standard InChI is InChI=1S/C14H12FN3O2S/c1-3-6-16-12(19)8(2)21-14-17-11-5-4-9(15)7-10(11)13(20)18-14/h1,4-5,7-8H,6H2,2H3,(H,16,19)(H,17,18,20). The fourth-order valence-electron chi connectivity index (χ4n) is 1.65. The highest BCUT2D eigenvalue weighted by molar-refractivity contribution is 8.00. The van der Waals surface area contributed by atoms with Crippen molar-refractivity contribution < 1.29 is 9.18 Å². The second-order valence-corrected chi connectivity index (χ2v) is 5.54. The van der Waals surface area contributed by atoms with Crippen LogP contribution in [-0.2, 0) is 4.79 Å². The van der Waals surface area contributed by atoms with Gasteiger partial charge in [-0.25, -0.2) is 9.37 Å². The molecule has 2 rings (SSSR count). The molecule has 0 spiro atoms. The summed E-state index contributed by atoms with van der Waals surface area (Å²) in [6.45, 7) is 1.82. The number of aromatic nitrogens is 2. The van der Waals surface area contributed by atoms with Crippen LogP contribution in [0.4, 0.5) is 4.39 Å². The molecule has 1 atom stereocenters. The fourth-order valence-corrected chi connectivity index (χ4v) is 2.48. The SMILES string of the molecule is C#CCNC(=O)C(C)Sc1nc2ccc(F)cc2c(=O)[nH]1. The van der Waals surface area contributed by atoms with Gasteiger partial charge in [0, 0.05) is 0 Å². The van der Waals surface area contributed by atoms with Crippen molar-refractivity contribution in [3.63, 3.8) is 0 Å². The molecule has 0 saturated carbocycles. The number of carbonyl (C=O) groups is 1. The van der Waals surface area contributed by atoms with Gasteiger partial charge in [0.2, 0.25) is 5.91 Å². The smallest absolute Gasteiger partial charge is 0.259 e. The zero-order valence-corrected chi connectivity index (χ0v) is 12.0. The summed E-state index contributed by atoms with van der Waals surface area (Å²) < 4.78 is 13.1. The quantitative estimate of drug-likeness (QED) is 0.507. The molecule has 2 N–H and O–H groups in total. The summed E-state index contributed by atoms with van der Waals surface area (Å²) >= 11 is 1.09. The van der Waals surface area contributed by atoms with Crippen LogP contribution in [0, 0.1) is 18.2 Å². The number of nitrogens with one attached hydrogen (secondary N) is 2. The van der Waals surface area contributed by atoms with Crippen molar-refractivity contribution in [2.75, 3.05) is 6.54 Å². The number of benzene rings is 1. The van der Waals surface area contributed by atoms with Crippen LogP contribution in [0.5, 0.6) is 0 Å². The highest BCUT2D eigenvalue weighted by Crippen LogP contribution is 2.20. The number of halogens is 1. The number of aromatic amines is 1. The van der Waals surface area contributed by atoms with Crippen LogP contribution in [0.15, 0.2) is 28.2 Å². The van der Waals surface area contributed by atoms with Crippen LogP contribution in [-0.4, -0.2) is 27.7 Å². The number of hydrogen-bond donors (Lipinski definition) is 2. The van der Waals surface area contributed by atoms with Gasteiger partial charge < -0.3 is 10.3 Å². The molecule has 0 aliphatic rings. The average Bonchev–Trinajstić information content (AvgIpc) is 2.45. The zero-order valence-electron chi connectivity index (χ0n) is 11.1. The Hall–Kier alpha value is -2.33. The Balaban J connectivity index is 2.24. The van der Waals surface area contributed by atoms with Gasteiger partial charge in [0.15, 0.2) is 5.16 Å². The molecule has 0 aliphatic heterocycles. The molecule has 21 heavy (non-hydrogen) atoms. The molecule has 7 heteroatoms. The number of carbonyl (C=O) groups excluding carboxylic acids is 1. The summed E-state index contributed by atoms with van der Waals surface area (Å²) in [7, 11) is 0. The molecule has 1 aromatic heterocycles. The van der Waals surface area contributed by atoms with E-state index in [1.165, 1.54) is 12.1 Å². The number of thioether (sulfide) groups is 1. The lowest BCUT2D eigenvalue weighted by Crippen LogP contribution is -2.31. The molecule has 0 radical (unpaired) electrons. The van der Waals surface area contributed by atoms with Crippen LogP contribution in [0.3, 0.4) is 0 Å². The summed E-state index contributed by atoms with van der Waals surface area (Å²) in [4.78, 5) is 30.3. The summed E-state index contributed by atoms with van der Waals surface area (Å²) in [5, 5.41) is 2.54. The van der Waals surface area contributed by atoms with Gasteiger partial charge >= 0.3 is 0 Å². The number of terminal acetylenes is 1. The number of hydrogen-bond acceptors (Lipinski definition) is 4. The van der Waals surface area contributed by atoms with Crippen LogP contribution < -0.4 is 10.9 Å². The molecule has 1 heterocycles. The Morgan fingerprint density at radius 3 is 3.10 bits per heavy atom. The third kappa shape index (κ3) is 3.61. The zero-order chi connectivity index (χ0) is 15.4. The van der Waals surface area contributed by atoms with E-state index >= 15 is 0 Å². The Morgan fingerprint density at radius 2 is 2.38 bits per heavy atom. The lowest BCUT2D eigenvalue weighted by atomic mass is 10.2. The summed E-state index contributed by atoms with van der Waals surface area (Å²) in [5.74, 6) is 1.55. The lowest BCUT2D eigenvalue weighted by Gasteiger charge is -2.10. The number of amides is 1. The van der Waals surface area contributed by atoms with Crippen LogP contribution in [0.2, 0.25) is 0 Å². The van der Waals surface area contributed by atoms with Gasteiger partial charge in [-0.2, -0.15) is 0 Å². The highest BCUT2D eigenvalue weighted by Gasteiger charge is 2.16. The number of rotatable bonds is 4. The van der Waals surface area contributed by atoms with Crippen LogP contribution in [0.25, 0.3) is 10.9 Å². The van der Waals surface area contributed by atoms with Gasteiger partial charge in [-0.1, -0.05) is 17.7 Å². The topological polar surface area (TPSA) is 74.8 Å². The van der Waals surface area contributed by atoms with Crippen LogP contribution >= 0.6 is 11.8 Å². The average molecular weight is 305 g/mol. The van der Waals surface area contributed by atoms with E-state index in [4.69, 9.17) is 6.42 Å². The molecule has 0 saturated heterocycles. The van der Waals surface area contributed by atoms with Gasteiger partial charge in [0.05, 0.1) is 22.7 Å². The number of nitrogens with zero attached hydrogens (tertiary/aromatic N) is 1. The maximum atomic E-state index is 13.1. The molecule has 0 aliphatic carbocycles. The van der Waals surface area contributed by atoms with Crippen molar-refractivity contribution >= 4 is 28.6 Å². The number of fused-ring (bicyclic) bond motifs is 1. The van der Waals surface area contributed by atoms with Gasteiger partial charge in [-0.15, -0.1) is 6.42 Å². The van der Waals surface area contributed by atoms with E-state index < -0.39 is 16.6 Å². The Bertz CT molecular complexity index is 782. The van der Waals surface area contributed by atoms with Crippen molar-refractivity contribution in [1.82, 2.24) is 15.3 Å². The van der Waals surface area contributed by atoms with E-state index in [9.17, 15) is 14.0 Å². The van der Waals surface area contributed by atoms with E-state index in [0.29, 0.717) is 10.7 Å². The maximum Gasteiger partial charge on any atom is 0.259 e. The predicted molar refractivity (Wildman–Crippen MR) is 79.5 cm³/mol. The Morgan fingerprint density at radius 1 is 1.62 bits per heavy atom. The van der Waals surface area contributed by atoms with Crippen molar-refractivity contribution in [3.05, 3.63) is 34.4 Å². The molecule has 0 bridgehead atoms. The minimum atomic E-state index is -0.503. The Kier molecular flexibility index (Phi) is 4.60. The fraction of sp³-hybridized carbons (Fsp3) is 0.214. The molecule has 0 fully saturated rings.